The van der Waals surface area contributed by atoms with Gasteiger partial charge in [0.2, 0.25) is 0 Å². The summed E-state index contributed by atoms with van der Waals surface area (Å²) in [6, 6.07) is 6.73. The lowest BCUT2D eigenvalue weighted by atomic mass is 9.90. The molecule has 0 bridgehead atoms. The van der Waals surface area contributed by atoms with Crippen molar-refractivity contribution in [1.82, 2.24) is 0 Å². The molecule has 1 atom stereocenters. The van der Waals surface area contributed by atoms with E-state index in [0.717, 1.165) is 12.8 Å². The number of halogens is 1. The molecule has 2 N–H and O–H groups in total. The van der Waals surface area contributed by atoms with Crippen LogP contribution in [-0.4, -0.2) is 5.54 Å². The molecule has 0 radical (unpaired) electrons. The molecule has 0 aliphatic carbocycles. The Kier molecular flexibility index (Phi) is 3.86. The molecule has 0 saturated heterocycles. The topological polar surface area (TPSA) is 26.0 Å². The van der Waals surface area contributed by atoms with Crippen LogP contribution in [-0.2, 0) is 0 Å². The van der Waals surface area contributed by atoms with Gasteiger partial charge >= 0.3 is 0 Å². The number of hydrogen-bond acceptors (Lipinski definition) is 1. The van der Waals surface area contributed by atoms with E-state index in [1.165, 1.54) is 17.7 Å². The van der Waals surface area contributed by atoms with Crippen molar-refractivity contribution in [2.45, 2.75) is 45.1 Å². The highest BCUT2D eigenvalue weighted by Crippen LogP contribution is 2.23. The van der Waals surface area contributed by atoms with E-state index in [-0.39, 0.29) is 11.4 Å². The number of hydrogen-bond donors (Lipinski definition) is 1. The van der Waals surface area contributed by atoms with Crippen LogP contribution in [0.15, 0.2) is 24.3 Å². The number of nitrogens with two attached hydrogens (primary N) is 1. The smallest absolute Gasteiger partial charge is 0.123 e. The monoisotopic (exact) mass is 209 g/mol. The normalized spacial score (nSPS) is 13.9. The van der Waals surface area contributed by atoms with Gasteiger partial charge in [-0.1, -0.05) is 19.1 Å². The SMILES string of the molecule is CC(CCC(C)(C)N)c1ccc(F)cc1. The summed E-state index contributed by atoms with van der Waals surface area (Å²) in [5, 5.41) is 0. The first kappa shape index (κ1) is 12.2. The summed E-state index contributed by atoms with van der Waals surface area (Å²) in [6.45, 7) is 6.22. The predicted octanol–water partition coefficient (Wildman–Crippen LogP) is 3.45. The van der Waals surface area contributed by atoms with E-state index in [1.54, 1.807) is 0 Å². The summed E-state index contributed by atoms with van der Waals surface area (Å²) >= 11 is 0. The third-order valence-corrected chi connectivity index (χ3v) is 2.66. The van der Waals surface area contributed by atoms with Gasteiger partial charge in [0.25, 0.3) is 0 Å². The van der Waals surface area contributed by atoms with E-state index < -0.39 is 0 Å². The maximum Gasteiger partial charge on any atom is 0.123 e. The summed E-state index contributed by atoms with van der Waals surface area (Å²) in [6.07, 6.45) is 2.01. The molecular weight excluding hydrogens is 189 g/mol. The van der Waals surface area contributed by atoms with Crippen LogP contribution in [0.2, 0.25) is 0 Å². The molecule has 1 nitrogen and oxygen atoms in total. The van der Waals surface area contributed by atoms with Crippen molar-refractivity contribution < 1.29 is 4.39 Å². The van der Waals surface area contributed by atoms with Gasteiger partial charge in [-0.3, -0.25) is 0 Å². The molecule has 1 rings (SSSR count). The van der Waals surface area contributed by atoms with Crippen LogP contribution >= 0.6 is 0 Å². The average molecular weight is 209 g/mol. The minimum absolute atomic E-state index is 0.117. The molecule has 1 aromatic carbocycles. The quantitative estimate of drug-likeness (QED) is 0.807. The molecule has 15 heavy (non-hydrogen) atoms. The Bertz CT molecular complexity index is 297. The van der Waals surface area contributed by atoms with E-state index in [2.05, 4.69) is 6.92 Å². The molecule has 0 aliphatic rings. The Morgan fingerprint density at radius 3 is 2.27 bits per heavy atom. The van der Waals surface area contributed by atoms with Crippen molar-refractivity contribution in [2.24, 2.45) is 5.73 Å². The van der Waals surface area contributed by atoms with E-state index in [0.29, 0.717) is 5.92 Å². The van der Waals surface area contributed by atoms with Crippen LogP contribution in [0, 0.1) is 5.82 Å². The first-order chi connectivity index (χ1) is 6.88. The van der Waals surface area contributed by atoms with E-state index in [1.807, 2.05) is 26.0 Å². The molecule has 0 fully saturated rings. The molecule has 1 unspecified atom stereocenters. The van der Waals surface area contributed by atoms with Gasteiger partial charge in [-0.2, -0.15) is 0 Å². The molecule has 2 heteroatoms. The molecule has 0 aliphatic heterocycles. The van der Waals surface area contributed by atoms with Gasteiger partial charge in [0, 0.05) is 5.54 Å². The van der Waals surface area contributed by atoms with Crippen LogP contribution in [0.1, 0.15) is 45.1 Å². The molecule has 0 heterocycles. The largest absolute Gasteiger partial charge is 0.326 e. The average Bonchev–Trinajstić information content (AvgIpc) is 2.14. The van der Waals surface area contributed by atoms with Gasteiger partial charge in [-0.05, 0) is 50.3 Å². The molecule has 0 spiro atoms. The Hall–Kier alpha value is -0.890. The summed E-state index contributed by atoms with van der Waals surface area (Å²) in [4.78, 5) is 0. The Morgan fingerprint density at radius 2 is 1.80 bits per heavy atom. The van der Waals surface area contributed by atoms with E-state index in [4.69, 9.17) is 5.73 Å². The van der Waals surface area contributed by atoms with Crippen molar-refractivity contribution in [1.29, 1.82) is 0 Å². The number of benzene rings is 1. The molecule has 0 saturated carbocycles. The van der Waals surface area contributed by atoms with Gasteiger partial charge in [0.05, 0.1) is 0 Å². The Labute approximate surface area is 91.5 Å². The van der Waals surface area contributed by atoms with Crippen LogP contribution in [0.25, 0.3) is 0 Å². The summed E-state index contributed by atoms with van der Waals surface area (Å²) in [5.74, 6) is 0.263. The maximum atomic E-state index is 12.7. The molecule has 0 aromatic heterocycles. The van der Waals surface area contributed by atoms with Crippen LogP contribution in [0.3, 0.4) is 0 Å². The third-order valence-electron chi connectivity index (χ3n) is 2.66. The second-order valence-corrected chi connectivity index (χ2v) is 4.98. The highest BCUT2D eigenvalue weighted by Gasteiger charge is 2.13. The minimum Gasteiger partial charge on any atom is -0.326 e. The number of rotatable bonds is 4. The zero-order valence-electron chi connectivity index (χ0n) is 9.76. The Morgan fingerprint density at radius 1 is 1.27 bits per heavy atom. The second-order valence-electron chi connectivity index (χ2n) is 4.98. The summed E-state index contributed by atoms with van der Waals surface area (Å²) in [7, 11) is 0. The fourth-order valence-electron chi connectivity index (χ4n) is 1.55. The molecular formula is C13H20FN. The predicted molar refractivity (Wildman–Crippen MR) is 62.3 cm³/mol. The van der Waals surface area contributed by atoms with Crippen molar-refractivity contribution >= 4 is 0 Å². The van der Waals surface area contributed by atoms with Gasteiger partial charge in [-0.15, -0.1) is 0 Å². The van der Waals surface area contributed by atoms with Crippen molar-refractivity contribution in [3.63, 3.8) is 0 Å². The maximum absolute atomic E-state index is 12.7. The van der Waals surface area contributed by atoms with Gasteiger partial charge < -0.3 is 5.73 Å². The second kappa shape index (κ2) is 4.75. The van der Waals surface area contributed by atoms with Crippen LogP contribution < -0.4 is 5.73 Å². The van der Waals surface area contributed by atoms with Crippen molar-refractivity contribution in [3.05, 3.63) is 35.6 Å². The minimum atomic E-state index is -0.176. The van der Waals surface area contributed by atoms with Crippen LogP contribution in [0.4, 0.5) is 4.39 Å². The fourth-order valence-corrected chi connectivity index (χ4v) is 1.55. The lowest BCUT2D eigenvalue weighted by Crippen LogP contribution is -2.31. The third kappa shape index (κ3) is 4.43. The van der Waals surface area contributed by atoms with Gasteiger partial charge in [0.15, 0.2) is 0 Å². The zero-order valence-corrected chi connectivity index (χ0v) is 9.76. The van der Waals surface area contributed by atoms with Crippen LogP contribution in [0.5, 0.6) is 0 Å². The molecule has 1 aromatic rings. The molecule has 84 valence electrons. The molecule has 0 amide bonds. The lowest BCUT2D eigenvalue weighted by Gasteiger charge is -2.21. The standard InChI is InChI=1S/C13H20FN/c1-10(8-9-13(2,3)15)11-4-6-12(14)7-5-11/h4-7,10H,8-9,15H2,1-3H3. The highest BCUT2D eigenvalue weighted by molar-refractivity contribution is 5.19. The van der Waals surface area contributed by atoms with E-state index >= 15 is 0 Å². The highest BCUT2D eigenvalue weighted by atomic mass is 19.1. The van der Waals surface area contributed by atoms with Crippen molar-refractivity contribution in [3.8, 4) is 0 Å². The zero-order chi connectivity index (χ0) is 11.5. The fraction of sp³-hybridized carbons (Fsp3) is 0.538. The first-order valence-corrected chi connectivity index (χ1v) is 5.43. The van der Waals surface area contributed by atoms with Gasteiger partial charge in [0.1, 0.15) is 5.82 Å². The first-order valence-electron chi connectivity index (χ1n) is 5.43. The lowest BCUT2D eigenvalue weighted by molar-refractivity contribution is 0.438. The van der Waals surface area contributed by atoms with E-state index in [9.17, 15) is 4.39 Å². The van der Waals surface area contributed by atoms with Crippen molar-refractivity contribution in [2.75, 3.05) is 0 Å². The summed E-state index contributed by atoms with van der Waals surface area (Å²) < 4.78 is 12.7. The van der Waals surface area contributed by atoms with Gasteiger partial charge in [-0.25, -0.2) is 4.39 Å². The summed E-state index contributed by atoms with van der Waals surface area (Å²) in [5.41, 5.74) is 6.99. The Balaban J connectivity index is 2.54.